The largest absolute Gasteiger partial charge is 0.352 e. The van der Waals surface area contributed by atoms with Crippen LogP contribution in [0.25, 0.3) is 0 Å². The number of para-hydroxylation sites is 1. The molecular weight excluding hydrogens is 446 g/mol. The van der Waals surface area contributed by atoms with Gasteiger partial charge < -0.3 is 10.2 Å². The zero-order valence-corrected chi connectivity index (χ0v) is 20.0. The van der Waals surface area contributed by atoms with Crippen LogP contribution in [0.2, 0.25) is 0 Å². The molecule has 1 aliphatic heterocycles. The van der Waals surface area contributed by atoms with Gasteiger partial charge in [-0.15, -0.1) is 0 Å². The maximum absolute atomic E-state index is 13.4. The van der Waals surface area contributed by atoms with Crippen LogP contribution in [-0.2, 0) is 21.4 Å². The van der Waals surface area contributed by atoms with Gasteiger partial charge in [-0.1, -0.05) is 66.7 Å². The van der Waals surface area contributed by atoms with Crippen molar-refractivity contribution in [3.63, 3.8) is 0 Å². The van der Waals surface area contributed by atoms with Crippen molar-refractivity contribution in [3.05, 3.63) is 96.6 Å². The summed E-state index contributed by atoms with van der Waals surface area (Å²) < 4.78 is 28.3. The van der Waals surface area contributed by atoms with E-state index in [4.69, 9.17) is 0 Å². The van der Waals surface area contributed by atoms with Gasteiger partial charge in [0, 0.05) is 25.6 Å². The highest BCUT2D eigenvalue weighted by Gasteiger charge is 2.28. The van der Waals surface area contributed by atoms with Crippen LogP contribution in [0.4, 0.5) is 5.69 Å². The number of likely N-dealkylation sites (tertiary alicyclic amines) is 1. The third-order valence-corrected chi connectivity index (χ3v) is 8.10. The molecule has 1 heterocycles. The van der Waals surface area contributed by atoms with Crippen LogP contribution in [0.1, 0.15) is 18.4 Å². The number of carbonyl (C=O) groups excluding carboxylic acids is 1. The van der Waals surface area contributed by atoms with E-state index in [-0.39, 0.29) is 16.7 Å². The van der Waals surface area contributed by atoms with E-state index >= 15 is 0 Å². The van der Waals surface area contributed by atoms with Crippen LogP contribution in [-0.4, -0.2) is 45.4 Å². The maximum atomic E-state index is 13.4. The van der Waals surface area contributed by atoms with Crippen molar-refractivity contribution in [2.45, 2.75) is 24.3 Å². The van der Waals surface area contributed by atoms with Crippen molar-refractivity contribution < 1.29 is 13.2 Å². The minimum absolute atomic E-state index is 0.00163. The second-order valence-corrected chi connectivity index (χ2v) is 10.4. The molecule has 1 fully saturated rings. The summed E-state index contributed by atoms with van der Waals surface area (Å²) in [5, 5.41) is 3.05. The lowest BCUT2D eigenvalue weighted by Gasteiger charge is -2.33. The lowest BCUT2D eigenvalue weighted by atomic mass is 9.96. The Morgan fingerprint density at radius 1 is 0.853 bits per heavy atom. The predicted octanol–water partition coefficient (Wildman–Crippen LogP) is 3.91. The number of carbonyl (C=O) groups is 1. The van der Waals surface area contributed by atoms with Gasteiger partial charge in [0.2, 0.25) is 5.91 Å². The minimum Gasteiger partial charge on any atom is -0.352 e. The SMILES string of the molecule is O=C(NCc1ccccc1)C1CCN(CCN(c2ccccc2)S(=O)(=O)c2ccccc2)CC1. The number of hydrogen-bond donors (Lipinski definition) is 1. The standard InChI is InChI=1S/C27H31N3O3S/c31-27(28-22-23-10-4-1-5-11-23)24-16-18-29(19-17-24)20-21-30(25-12-6-2-7-13-25)34(32,33)26-14-8-3-9-15-26/h1-15,24H,16-22H2,(H,28,31). The van der Waals surface area contributed by atoms with Crippen LogP contribution in [0.5, 0.6) is 0 Å². The molecule has 3 aromatic rings. The third kappa shape index (κ3) is 6.04. The van der Waals surface area contributed by atoms with E-state index in [0.717, 1.165) is 31.5 Å². The number of nitrogens with one attached hydrogen (secondary N) is 1. The lowest BCUT2D eigenvalue weighted by Crippen LogP contribution is -2.44. The molecule has 0 atom stereocenters. The highest BCUT2D eigenvalue weighted by molar-refractivity contribution is 7.92. The number of amides is 1. The van der Waals surface area contributed by atoms with E-state index in [1.807, 2.05) is 66.7 Å². The second-order valence-electron chi connectivity index (χ2n) is 8.55. The Labute approximate surface area is 202 Å². The van der Waals surface area contributed by atoms with E-state index in [0.29, 0.717) is 25.3 Å². The molecule has 1 amide bonds. The van der Waals surface area contributed by atoms with Crippen molar-refractivity contribution in [2.75, 3.05) is 30.5 Å². The average Bonchev–Trinajstić information content (AvgIpc) is 2.89. The Balaban J connectivity index is 1.34. The Morgan fingerprint density at radius 3 is 2.03 bits per heavy atom. The number of anilines is 1. The topological polar surface area (TPSA) is 69.7 Å². The van der Waals surface area contributed by atoms with Crippen molar-refractivity contribution in [3.8, 4) is 0 Å². The van der Waals surface area contributed by atoms with Gasteiger partial charge in [0.15, 0.2) is 0 Å². The molecule has 4 rings (SSSR count). The summed E-state index contributed by atoms with van der Waals surface area (Å²) >= 11 is 0. The van der Waals surface area contributed by atoms with Gasteiger partial charge >= 0.3 is 0 Å². The van der Waals surface area contributed by atoms with Crippen LogP contribution < -0.4 is 9.62 Å². The normalized spacial score (nSPS) is 15.1. The highest BCUT2D eigenvalue weighted by Crippen LogP contribution is 2.24. The van der Waals surface area contributed by atoms with Crippen molar-refractivity contribution in [2.24, 2.45) is 5.92 Å². The first-order valence-electron chi connectivity index (χ1n) is 11.7. The number of benzene rings is 3. The zero-order chi connectivity index (χ0) is 23.8. The summed E-state index contributed by atoms with van der Waals surface area (Å²) in [6.07, 6.45) is 1.55. The number of piperidine rings is 1. The van der Waals surface area contributed by atoms with Gasteiger partial charge in [0.1, 0.15) is 0 Å². The maximum Gasteiger partial charge on any atom is 0.264 e. The van der Waals surface area contributed by atoms with Crippen molar-refractivity contribution in [1.29, 1.82) is 0 Å². The fourth-order valence-electron chi connectivity index (χ4n) is 4.28. The molecular formula is C27H31N3O3S. The molecule has 178 valence electrons. The quantitative estimate of drug-likeness (QED) is 0.507. The number of sulfonamides is 1. The van der Waals surface area contributed by atoms with E-state index in [2.05, 4.69) is 10.2 Å². The van der Waals surface area contributed by atoms with E-state index in [1.54, 1.807) is 24.3 Å². The van der Waals surface area contributed by atoms with Gasteiger partial charge in [-0.05, 0) is 55.8 Å². The van der Waals surface area contributed by atoms with Gasteiger partial charge in [0.25, 0.3) is 10.0 Å². The van der Waals surface area contributed by atoms with Gasteiger partial charge in [-0.3, -0.25) is 9.10 Å². The summed E-state index contributed by atoms with van der Waals surface area (Å²) in [6, 6.07) is 27.7. The summed E-state index contributed by atoms with van der Waals surface area (Å²) in [5.74, 6) is 0.0966. The minimum atomic E-state index is -3.67. The monoisotopic (exact) mass is 477 g/mol. The van der Waals surface area contributed by atoms with Gasteiger partial charge in [-0.2, -0.15) is 0 Å². The van der Waals surface area contributed by atoms with Crippen LogP contribution in [0.3, 0.4) is 0 Å². The second kappa shape index (κ2) is 11.3. The first-order chi connectivity index (χ1) is 16.5. The van der Waals surface area contributed by atoms with Crippen molar-refractivity contribution in [1.82, 2.24) is 10.2 Å². The highest BCUT2D eigenvalue weighted by atomic mass is 32.2. The molecule has 6 nitrogen and oxygen atoms in total. The average molecular weight is 478 g/mol. The molecule has 7 heteroatoms. The molecule has 0 bridgehead atoms. The number of hydrogen-bond acceptors (Lipinski definition) is 4. The van der Waals surface area contributed by atoms with E-state index in [9.17, 15) is 13.2 Å². The first-order valence-corrected chi connectivity index (χ1v) is 13.1. The first kappa shape index (κ1) is 24.0. The van der Waals surface area contributed by atoms with Gasteiger partial charge in [-0.25, -0.2) is 8.42 Å². The van der Waals surface area contributed by atoms with Crippen molar-refractivity contribution >= 4 is 21.6 Å². The molecule has 3 aromatic carbocycles. The molecule has 1 aliphatic rings. The zero-order valence-electron chi connectivity index (χ0n) is 19.2. The Morgan fingerprint density at radius 2 is 1.41 bits per heavy atom. The molecule has 0 spiro atoms. The molecule has 34 heavy (non-hydrogen) atoms. The lowest BCUT2D eigenvalue weighted by molar-refractivity contribution is -0.126. The Hall–Kier alpha value is -3.16. The number of nitrogens with zero attached hydrogens (tertiary/aromatic N) is 2. The summed E-state index contributed by atoms with van der Waals surface area (Å²) in [7, 11) is -3.67. The molecule has 0 unspecified atom stereocenters. The Bertz CT molecular complexity index is 1150. The Kier molecular flexibility index (Phi) is 7.98. The predicted molar refractivity (Wildman–Crippen MR) is 135 cm³/mol. The molecule has 1 N–H and O–H groups in total. The smallest absolute Gasteiger partial charge is 0.264 e. The molecule has 0 aromatic heterocycles. The molecule has 0 aliphatic carbocycles. The molecule has 0 saturated carbocycles. The van der Waals surface area contributed by atoms with Crippen LogP contribution in [0.15, 0.2) is 95.9 Å². The van der Waals surface area contributed by atoms with E-state index in [1.165, 1.54) is 4.31 Å². The van der Waals surface area contributed by atoms with Crippen LogP contribution >= 0.6 is 0 Å². The summed E-state index contributed by atoms with van der Waals surface area (Å²) in [4.78, 5) is 15.1. The molecule has 0 radical (unpaired) electrons. The summed E-state index contributed by atoms with van der Waals surface area (Å²) in [5.41, 5.74) is 1.75. The third-order valence-electron chi connectivity index (χ3n) is 6.26. The van der Waals surface area contributed by atoms with Crippen LogP contribution in [0, 0.1) is 5.92 Å². The molecule has 1 saturated heterocycles. The fourth-order valence-corrected chi connectivity index (χ4v) is 5.76. The van der Waals surface area contributed by atoms with Gasteiger partial charge in [0.05, 0.1) is 10.6 Å². The summed E-state index contributed by atoms with van der Waals surface area (Å²) in [6.45, 7) is 3.06. The number of rotatable bonds is 9. The fraction of sp³-hybridized carbons (Fsp3) is 0.296. The van der Waals surface area contributed by atoms with E-state index < -0.39 is 10.0 Å².